The summed E-state index contributed by atoms with van der Waals surface area (Å²) in [4.78, 5) is 0. The summed E-state index contributed by atoms with van der Waals surface area (Å²) in [6.45, 7) is 11.0. The van der Waals surface area contributed by atoms with Crippen LogP contribution in [0.2, 0.25) is 0 Å². The lowest BCUT2D eigenvalue weighted by Gasteiger charge is -2.37. The highest BCUT2D eigenvalue weighted by Gasteiger charge is 2.36. The minimum Gasteiger partial charge on any atom is -0.484 e. The molecule has 0 bridgehead atoms. The zero-order chi connectivity index (χ0) is 17.2. The number of methoxy groups -OCH3 is 1. The van der Waals surface area contributed by atoms with Gasteiger partial charge in [-0.3, -0.25) is 5.41 Å². The van der Waals surface area contributed by atoms with E-state index in [1.165, 1.54) is 7.11 Å². The molecule has 0 aliphatic rings. The third kappa shape index (κ3) is 4.11. The molecule has 5 heteroatoms. The molecule has 0 unspecified atom stereocenters. The average molecular weight is 304 g/mol. The highest BCUT2D eigenvalue weighted by molar-refractivity contribution is 6.47. The van der Waals surface area contributed by atoms with Gasteiger partial charge in [0.05, 0.1) is 23.7 Å². The fourth-order valence-corrected chi connectivity index (χ4v) is 1.75. The minimum atomic E-state index is -0.960. The number of hydrogen-bond acceptors (Lipinski definition) is 4. The van der Waals surface area contributed by atoms with Crippen LogP contribution in [-0.4, -0.2) is 36.8 Å². The van der Waals surface area contributed by atoms with Crippen molar-refractivity contribution in [1.29, 1.82) is 5.41 Å². The van der Waals surface area contributed by atoms with Gasteiger partial charge in [0, 0.05) is 0 Å². The molecule has 1 radical (unpaired) electrons. The summed E-state index contributed by atoms with van der Waals surface area (Å²) in [5.41, 5.74) is -0.328. The second-order valence-electron chi connectivity index (χ2n) is 7.09. The second-order valence-corrected chi connectivity index (χ2v) is 7.09. The highest BCUT2D eigenvalue weighted by Crippen LogP contribution is 2.25. The predicted octanol–water partition coefficient (Wildman–Crippen LogP) is 2.40. The first kappa shape index (κ1) is 18.7. The lowest BCUT2D eigenvalue weighted by molar-refractivity contribution is -0.0893. The van der Waals surface area contributed by atoms with Crippen molar-refractivity contribution in [2.45, 2.75) is 58.2 Å². The summed E-state index contributed by atoms with van der Waals surface area (Å²) in [5.74, 6) is 0.211. The summed E-state index contributed by atoms with van der Waals surface area (Å²) in [6.07, 6.45) is 0. The Bertz CT molecular complexity index is 533. The molecule has 0 amide bonds. The first-order valence-corrected chi connectivity index (χ1v) is 7.39. The number of hydrogen-bond donors (Lipinski definition) is 2. The van der Waals surface area contributed by atoms with Crippen molar-refractivity contribution in [3.63, 3.8) is 0 Å². The second kappa shape index (κ2) is 6.43. The van der Waals surface area contributed by atoms with Crippen molar-refractivity contribution in [2.75, 3.05) is 7.11 Å². The van der Waals surface area contributed by atoms with Gasteiger partial charge in [0.25, 0.3) is 0 Å². The van der Waals surface area contributed by atoms with E-state index in [2.05, 4.69) is 0 Å². The topological polar surface area (TPSA) is 62.5 Å². The van der Waals surface area contributed by atoms with Crippen LogP contribution in [0.3, 0.4) is 0 Å². The summed E-state index contributed by atoms with van der Waals surface area (Å²) in [7, 11) is 3.16. The third-order valence-corrected chi connectivity index (χ3v) is 4.34. The molecule has 2 N–H and O–H groups in total. The summed E-state index contributed by atoms with van der Waals surface area (Å²) < 4.78 is 10.9. The standard InChI is InChI=1S/C17H27BNO3/c1-15(2,14(19)21-7)12-9-8-10-13(11-12)18-22-17(5,6)16(3,4)20/h8-11,19-20H,1-7H3. The number of aliphatic hydroxyl groups is 1. The maximum absolute atomic E-state index is 10.1. The van der Waals surface area contributed by atoms with Crippen molar-refractivity contribution in [3.05, 3.63) is 29.8 Å². The van der Waals surface area contributed by atoms with E-state index >= 15 is 0 Å². The summed E-state index contributed by atoms with van der Waals surface area (Å²) in [6, 6.07) is 7.78. The molecule has 22 heavy (non-hydrogen) atoms. The fraction of sp³-hybridized carbons (Fsp3) is 0.588. The van der Waals surface area contributed by atoms with E-state index in [-0.39, 0.29) is 5.90 Å². The molecule has 0 heterocycles. The molecule has 1 aromatic carbocycles. The quantitative estimate of drug-likeness (QED) is 0.482. The lowest BCUT2D eigenvalue weighted by atomic mass is 9.78. The fourth-order valence-electron chi connectivity index (χ4n) is 1.75. The molecule has 0 spiro atoms. The zero-order valence-electron chi connectivity index (χ0n) is 14.7. The van der Waals surface area contributed by atoms with E-state index in [0.29, 0.717) is 0 Å². The molecule has 0 saturated heterocycles. The Kier molecular flexibility index (Phi) is 5.47. The minimum absolute atomic E-state index is 0.211. The van der Waals surface area contributed by atoms with E-state index < -0.39 is 16.6 Å². The predicted molar refractivity (Wildman–Crippen MR) is 91.1 cm³/mol. The van der Waals surface area contributed by atoms with Crippen molar-refractivity contribution in [1.82, 2.24) is 0 Å². The maximum Gasteiger partial charge on any atom is 0.330 e. The van der Waals surface area contributed by atoms with Gasteiger partial charge in [-0.1, -0.05) is 29.7 Å². The van der Waals surface area contributed by atoms with Crippen LogP contribution in [0.15, 0.2) is 24.3 Å². The zero-order valence-corrected chi connectivity index (χ0v) is 14.7. The van der Waals surface area contributed by atoms with Crippen LogP contribution in [0.4, 0.5) is 0 Å². The molecule has 0 atom stereocenters. The molecule has 0 aliphatic carbocycles. The summed E-state index contributed by atoms with van der Waals surface area (Å²) in [5, 5.41) is 18.1. The van der Waals surface area contributed by atoms with Gasteiger partial charge in [0.1, 0.15) is 0 Å². The summed E-state index contributed by atoms with van der Waals surface area (Å²) >= 11 is 0. The van der Waals surface area contributed by atoms with Gasteiger partial charge in [-0.15, -0.1) is 0 Å². The smallest absolute Gasteiger partial charge is 0.330 e. The molecule has 4 nitrogen and oxygen atoms in total. The Morgan fingerprint density at radius 2 is 1.73 bits per heavy atom. The molecule has 1 aromatic rings. The van der Waals surface area contributed by atoms with Gasteiger partial charge >= 0.3 is 7.48 Å². The monoisotopic (exact) mass is 304 g/mol. The molecule has 0 aromatic heterocycles. The van der Waals surface area contributed by atoms with Crippen molar-refractivity contribution in [3.8, 4) is 0 Å². The van der Waals surface area contributed by atoms with E-state index in [9.17, 15) is 5.11 Å². The van der Waals surface area contributed by atoms with Crippen molar-refractivity contribution < 1.29 is 14.5 Å². The number of nitrogens with one attached hydrogen (secondary N) is 1. The molecule has 121 valence electrons. The third-order valence-electron chi connectivity index (χ3n) is 4.34. The van der Waals surface area contributed by atoms with Crippen LogP contribution in [-0.2, 0) is 14.8 Å². The Labute approximate surface area is 134 Å². The molecule has 0 saturated carbocycles. The van der Waals surface area contributed by atoms with Gasteiger partial charge in [0.2, 0.25) is 0 Å². The van der Waals surface area contributed by atoms with Crippen LogP contribution in [0.5, 0.6) is 0 Å². The van der Waals surface area contributed by atoms with Gasteiger partial charge < -0.3 is 14.5 Å². The van der Waals surface area contributed by atoms with E-state index in [1.54, 1.807) is 21.3 Å². The van der Waals surface area contributed by atoms with Gasteiger partial charge in [-0.05, 0) is 47.1 Å². The van der Waals surface area contributed by atoms with Gasteiger partial charge in [-0.25, -0.2) is 0 Å². The van der Waals surface area contributed by atoms with Crippen LogP contribution >= 0.6 is 0 Å². The molecule has 1 rings (SSSR count). The Morgan fingerprint density at radius 1 is 1.14 bits per heavy atom. The highest BCUT2D eigenvalue weighted by atomic mass is 16.5. The average Bonchev–Trinajstić information content (AvgIpc) is 2.43. The molecular formula is C17H27BNO3. The van der Waals surface area contributed by atoms with Crippen molar-refractivity contribution >= 4 is 18.8 Å². The van der Waals surface area contributed by atoms with Gasteiger partial charge in [0.15, 0.2) is 5.90 Å². The number of benzene rings is 1. The van der Waals surface area contributed by atoms with Crippen molar-refractivity contribution in [2.24, 2.45) is 0 Å². The van der Waals surface area contributed by atoms with E-state index in [1.807, 2.05) is 52.0 Å². The Hall–Kier alpha value is -1.33. The Balaban J connectivity index is 2.93. The largest absolute Gasteiger partial charge is 0.484 e. The number of ether oxygens (including phenoxy) is 1. The normalized spacial score (nSPS) is 12.9. The van der Waals surface area contributed by atoms with Crippen LogP contribution < -0.4 is 5.46 Å². The molecular weight excluding hydrogens is 277 g/mol. The molecule has 0 aliphatic heterocycles. The Morgan fingerprint density at radius 3 is 2.23 bits per heavy atom. The SMILES string of the molecule is COC(=N)C(C)(C)c1cccc([B]OC(C)(C)C(C)(C)O)c1. The maximum atomic E-state index is 10.1. The number of rotatable bonds is 6. The van der Waals surface area contributed by atoms with Gasteiger partial charge in [-0.2, -0.15) is 0 Å². The van der Waals surface area contributed by atoms with Crippen LogP contribution in [0, 0.1) is 5.41 Å². The lowest BCUT2D eigenvalue weighted by Crippen LogP contribution is -2.49. The molecule has 0 fully saturated rings. The first-order chi connectivity index (χ1) is 9.91. The first-order valence-electron chi connectivity index (χ1n) is 7.39. The van der Waals surface area contributed by atoms with Crippen LogP contribution in [0.1, 0.15) is 47.1 Å². The van der Waals surface area contributed by atoms with Crippen LogP contribution in [0.25, 0.3) is 0 Å². The van der Waals surface area contributed by atoms with E-state index in [0.717, 1.165) is 11.0 Å². The van der Waals surface area contributed by atoms with E-state index in [4.69, 9.17) is 14.8 Å².